The molecule has 2 atom stereocenters. The molecule has 16 nitrogen and oxygen atoms in total. The van der Waals surface area contributed by atoms with Crippen molar-refractivity contribution < 1.29 is 48.8 Å². The van der Waals surface area contributed by atoms with Crippen LogP contribution in [0.15, 0.2) is 36.5 Å². The van der Waals surface area contributed by atoms with Crippen molar-refractivity contribution in [2.75, 3.05) is 39.4 Å². The van der Waals surface area contributed by atoms with Crippen LogP contribution in [0.25, 0.3) is 0 Å². The van der Waals surface area contributed by atoms with Crippen molar-refractivity contribution in [2.24, 2.45) is 0 Å². The Morgan fingerprint density at radius 1 is 0.894 bits per heavy atom. The maximum absolute atomic E-state index is 13.3. The molecule has 0 spiro atoms. The molecule has 0 saturated carbocycles. The first-order valence-corrected chi connectivity index (χ1v) is 15.3. The van der Waals surface area contributed by atoms with E-state index in [4.69, 9.17) is 9.72 Å². The third-order valence-electron chi connectivity index (χ3n) is 7.90. The molecule has 1 fully saturated rings. The van der Waals surface area contributed by atoms with E-state index >= 15 is 0 Å². The van der Waals surface area contributed by atoms with E-state index in [1.165, 1.54) is 15.9 Å². The Morgan fingerprint density at radius 3 is 2.13 bits per heavy atom. The molecule has 2 aromatic heterocycles. The van der Waals surface area contributed by atoms with Crippen LogP contribution in [-0.2, 0) is 41.8 Å². The lowest BCUT2D eigenvalue weighted by Crippen LogP contribution is -2.44. The van der Waals surface area contributed by atoms with Gasteiger partial charge in [-0.1, -0.05) is 6.07 Å². The summed E-state index contributed by atoms with van der Waals surface area (Å²) < 4.78 is 5.80. The number of pyridine rings is 2. The molecule has 2 unspecified atom stereocenters. The Hall–Kier alpha value is -4.80. The van der Waals surface area contributed by atoms with Gasteiger partial charge in [0.1, 0.15) is 6.04 Å². The first kappa shape index (κ1) is 35.1. The maximum atomic E-state index is 13.3. The van der Waals surface area contributed by atoms with Gasteiger partial charge in [0.05, 0.1) is 49.2 Å². The zero-order valence-corrected chi connectivity index (χ0v) is 25.7. The third-order valence-corrected chi connectivity index (χ3v) is 7.90. The lowest BCUT2D eigenvalue weighted by atomic mass is 10.1. The molecule has 0 radical (unpaired) electrons. The monoisotopic (exact) mass is 654 g/mol. The van der Waals surface area contributed by atoms with Gasteiger partial charge in [-0.25, -0.2) is 0 Å². The zero-order chi connectivity index (χ0) is 33.9. The second kappa shape index (κ2) is 16.7. The van der Waals surface area contributed by atoms with Gasteiger partial charge in [0.2, 0.25) is 11.8 Å². The van der Waals surface area contributed by atoms with Crippen molar-refractivity contribution in [3.05, 3.63) is 59.2 Å². The summed E-state index contributed by atoms with van der Waals surface area (Å²) in [5.74, 6) is -4.63. The summed E-state index contributed by atoms with van der Waals surface area (Å²) in [4.78, 5) is 86.2. The summed E-state index contributed by atoms with van der Waals surface area (Å²) in [6.45, 7) is 0.802. The van der Waals surface area contributed by atoms with E-state index < -0.39 is 42.3 Å². The average molecular weight is 655 g/mol. The van der Waals surface area contributed by atoms with Gasteiger partial charge in [-0.05, 0) is 30.7 Å². The van der Waals surface area contributed by atoms with Crippen molar-refractivity contribution in [2.45, 2.75) is 57.3 Å². The Bertz CT molecular complexity index is 1460. The standard InChI is InChI=1S/C31H38N6O10/c38-26-5-6-27(39)37(26)9-3-8-33-30(44)20-14-21-18-35(24(16-28(40)41)23-4-1-2-7-32-23)10-12-47-13-11-36(19-22(15-20)34-21)25(31(45)46)17-29(42)43/h1-2,4,7,14-15,24-25H,3,5-6,8-13,16-19H2,(H,33,44)(H,40,41)(H,42,43)(H,45,46). The number of likely N-dealkylation sites (tertiary alicyclic amines) is 1. The fourth-order valence-electron chi connectivity index (χ4n) is 5.63. The largest absolute Gasteiger partial charge is 0.481 e. The molecule has 4 heterocycles. The summed E-state index contributed by atoms with van der Waals surface area (Å²) in [6.07, 6.45) is 1.33. The number of carbonyl (C=O) groups is 6. The minimum absolute atomic E-state index is 0.0461. The van der Waals surface area contributed by atoms with Crippen LogP contribution < -0.4 is 5.32 Å². The van der Waals surface area contributed by atoms with Gasteiger partial charge in [0.25, 0.3) is 5.91 Å². The van der Waals surface area contributed by atoms with E-state index in [2.05, 4.69) is 10.3 Å². The molecule has 2 aliphatic heterocycles. The van der Waals surface area contributed by atoms with Crippen molar-refractivity contribution in [1.82, 2.24) is 30.0 Å². The molecule has 2 aromatic rings. The molecule has 4 N–H and O–H groups in total. The highest BCUT2D eigenvalue weighted by atomic mass is 16.5. The number of rotatable bonds is 13. The number of amides is 3. The third kappa shape index (κ3) is 10.1. The Labute approximate surface area is 270 Å². The fourth-order valence-corrected chi connectivity index (χ4v) is 5.63. The molecule has 3 amide bonds. The number of fused-ring (bicyclic) bond motifs is 2. The molecule has 0 aromatic carbocycles. The smallest absolute Gasteiger partial charge is 0.321 e. The maximum Gasteiger partial charge on any atom is 0.321 e. The zero-order valence-electron chi connectivity index (χ0n) is 25.7. The van der Waals surface area contributed by atoms with Crippen molar-refractivity contribution in [3.63, 3.8) is 0 Å². The number of aliphatic carboxylic acids is 3. The number of hydrogen-bond donors (Lipinski definition) is 4. The molecule has 16 heteroatoms. The summed E-state index contributed by atoms with van der Waals surface area (Å²) in [5.41, 5.74) is 1.41. The van der Waals surface area contributed by atoms with Gasteiger partial charge in [-0.3, -0.25) is 53.4 Å². The number of nitrogens with zero attached hydrogens (tertiary/aromatic N) is 5. The fraction of sp³-hybridized carbons (Fsp3) is 0.484. The van der Waals surface area contributed by atoms with Crippen LogP contribution in [0.3, 0.4) is 0 Å². The van der Waals surface area contributed by atoms with Crippen LogP contribution in [0.2, 0.25) is 0 Å². The van der Waals surface area contributed by atoms with Crippen molar-refractivity contribution in [1.29, 1.82) is 0 Å². The van der Waals surface area contributed by atoms with Crippen LogP contribution in [0.1, 0.15) is 65.6 Å². The Balaban J connectivity index is 1.64. The predicted molar refractivity (Wildman–Crippen MR) is 162 cm³/mol. The molecule has 252 valence electrons. The Morgan fingerprint density at radius 2 is 1.53 bits per heavy atom. The predicted octanol–water partition coefficient (Wildman–Crippen LogP) is 0.524. The van der Waals surface area contributed by atoms with Crippen LogP contribution in [0, 0.1) is 0 Å². The first-order chi connectivity index (χ1) is 22.5. The summed E-state index contributed by atoms with van der Waals surface area (Å²) in [5, 5.41) is 31.8. The van der Waals surface area contributed by atoms with Gasteiger partial charge in [-0.15, -0.1) is 0 Å². The van der Waals surface area contributed by atoms with E-state index in [0.717, 1.165) is 0 Å². The van der Waals surface area contributed by atoms with E-state index in [0.29, 0.717) is 23.5 Å². The number of aromatic nitrogens is 2. The second-order valence-corrected chi connectivity index (χ2v) is 11.3. The lowest BCUT2D eigenvalue weighted by Gasteiger charge is -2.32. The number of carbonyl (C=O) groups excluding carboxylic acids is 3. The Kier molecular flexibility index (Phi) is 12.4. The summed E-state index contributed by atoms with van der Waals surface area (Å²) in [7, 11) is 0. The lowest BCUT2D eigenvalue weighted by molar-refractivity contribution is -0.150. The highest BCUT2D eigenvalue weighted by Crippen LogP contribution is 2.25. The van der Waals surface area contributed by atoms with Gasteiger partial charge < -0.3 is 25.4 Å². The van der Waals surface area contributed by atoms with Crippen molar-refractivity contribution in [3.8, 4) is 0 Å². The number of hydrogen-bond acceptors (Lipinski definition) is 11. The van der Waals surface area contributed by atoms with Gasteiger partial charge in [0.15, 0.2) is 0 Å². The number of ether oxygens (including phenoxy) is 1. The van der Waals surface area contributed by atoms with Crippen LogP contribution in [0.4, 0.5) is 0 Å². The number of carboxylic acids is 3. The quantitative estimate of drug-likeness (QED) is 0.171. The normalized spacial score (nSPS) is 17.7. The minimum Gasteiger partial charge on any atom is -0.481 e. The molecule has 2 bridgehead atoms. The topological polar surface area (TPSA) is 220 Å². The summed E-state index contributed by atoms with van der Waals surface area (Å²) in [6, 6.07) is 6.19. The molecule has 47 heavy (non-hydrogen) atoms. The molecule has 4 rings (SSSR count). The number of imide groups is 1. The highest BCUT2D eigenvalue weighted by Gasteiger charge is 2.31. The SMILES string of the molecule is O=C(O)CC(C(=O)O)N1CCOCCN(C(CC(=O)O)c2ccccn2)Cc2cc(C(=O)NCCCN3C(=O)CCC3=O)cc(n2)C1. The highest BCUT2D eigenvalue weighted by molar-refractivity contribution is 6.01. The van der Waals surface area contributed by atoms with Crippen LogP contribution in [-0.4, -0.2) is 121 Å². The molecular weight excluding hydrogens is 616 g/mol. The molecular formula is C31H38N6O10. The van der Waals surface area contributed by atoms with E-state index in [1.54, 1.807) is 30.5 Å². The van der Waals surface area contributed by atoms with E-state index in [-0.39, 0.29) is 89.1 Å². The summed E-state index contributed by atoms with van der Waals surface area (Å²) >= 11 is 0. The first-order valence-electron chi connectivity index (χ1n) is 15.3. The van der Waals surface area contributed by atoms with E-state index in [1.807, 2.05) is 4.90 Å². The second-order valence-electron chi connectivity index (χ2n) is 11.3. The van der Waals surface area contributed by atoms with Crippen LogP contribution >= 0.6 is 0 Å². The van der Waals surface area contributed by atoms with Crippen molar-refractivity contribution >= 4 is 35.6 Å². The average Bonchev–Trinajstić information content (AvgIpc) is 3.35. The number of carboxylic acid groups (broad SMARTS) is 3. The van der Waals surface area contributed by atoms with Gasteiger partial charge >= 0.3 is 17.9 Å². The molecule has 2 aliphatic rings. The molecule has 1 saturated heterocycles. The van der Waals surface area contributed by atoms with Gasteiger partial charge in [-0.2, -0.15) is 0 Å². The van der Waals surface area contributed by atoms with Gasteiger partial charge in [0, 0.05) is 63.9 Å². The minimum atomic E-state index is -1.39. The van der Waals surface area contributed by atoms with E-state index in [9.17, 15) is 44.1 Å². The van der Waals surface area contributed by atoms with Crippen LogP contribution in [0.5, 0.6) is 0 Å². The molecule has 0 aliphatic carbocycles. The number of nitrogens with one attached hydrogen (secondary N) is 1.